The van der Waals surface area contributed by atoms with Gasteiger partial charge in [-0.15, -0.1) is 0 Å². The van der Waals surface area contributed by atoms with E-state index in [4.69, 9.17) is 9.47 Å². The van der Waals surface area contributed by atoms with Crippen LogP contribution in [0.5, 0.6) is 0 Å². The zero-order valence-electron chi connectivity index (χ0n) is 16.6. The Morgan fingerprint density at radius 1 is 1.25 bits per heavy atom. The van der Waals surface area contributed by atoms with Crippen LogP contribution in [0.15, 0.2) is 24.3 Å². The fourth-order valence-corrected chi connectivity index (χ4v) is 3.40. The highest BCUT2D eigenvalue weighted by atomic mass is 16.6. The number of carbonyl (C=O) groups excluding carboxylic acids is 2. The van der Waals surface area contributed by atoms with Crippen molar-refractivity contribution >= 4 is 17.4 Å². The van der Waals surface area contributed by atoms with Crippen molar-refractivity contribution in [3.63, 3.8) is 0 Å². The number of carbonyl (C=O) groups is 2. The van der Waals surface area contributed by atoms with Crippen molar-refractivity contribution in [2.75, 3.05) is 20.3 Å². The second-order valence-electron chi connectivity index (χ2n) is 6.68. The summed E-state index contributed by atoms with van der Waals surface area (Å²) in [6, 6.07) is 6.09. The molecule has 1 aromatic carbocycles. The average molecular weight is 388 g/mol. The fraction of sp³-hybridized carbons (Fsp3) is 0.400. The molecule has 1 aromatic heterocycles. The summed E-state index contributed by atoms with van der Waals surface area (Å²) in [5.41, 5.74) is 2.03. The summed E-state index contributed by atoms with van der Waals surface area (Å²) in [4.78, 5) is 35.5. The van der Waals surface area contributed by atoms with Crippen LogP contribution in [0.25, 0.3) is 0 Å². The molecule has 1 unspecified atom stereocenters. The Kier molecular flexibility index (Phi) is 6.69. The number of methoxy groups -OCH3 is 1. The second-order valence-corrected chi connectivity index (χ2v) is 6.68. The number of nitrogens with zero attached hydrogens (tertiary/aromatic N) is 2. The van der Waals surface area contributed by atoms with E-state index < -0.39 is 17.5 Å². The predicted molar refractivity (Wildman–Crippen MR) is 103 cm³/mol. The number of esters is 1. The van der Waals surface area contributed by atoms with Gasteiger partial charge in [0.25, 0.3) is 5.69 Å². The van der Waals surface area contributed by atoms with Gasteiger partial charge in [0.05, 0.1) is 17.6 Å². The van der Waals surface area contributed by atoms with Crippen LogP contribution in [0.3, 0.4) is 0 Å². The average Bonchev–Trinajstić information content (AvgIpc) is 2.93. The van der Waals surface area contributed by atoms with Gasteiger partial charge in [0.2, 0.25) is 5.78 Å². The zero-order valence-corrected chi connectivity index (χ0v) is 16.6. The Hall–Kier alpha value is -3.00. The van der Waals surface area contributed by atoms with Crippen molar-refractivity contribution < 1.29 is 24.0 Å². The first-order valence-electron chi connectivity index (χ1n) is 8.80. The predicted octanol–water partition coefficient (Wildman–Crippen LogP) is 3.57. The van der Waals surface area contributed by atoms with E-state index in [1.54, 1.807) is 26.2 Å². The summed E-state index contributed by atoms with van der Waals surface area (Å²) in [6.45, 7) is 7.27. The first-order chi connectivity index (χ1) is 13.2. The summed E-state index contributed by atoms with van der Waals surface area (Å²) in [5.74, 6) is -1.26. The molecule has 0 saturated heterocycles. The summed E-state index contributed by atoms with van der Waals surface area (Å²) >= 11 is 0. The summed E-state index contributed by atoms with van der Waals surface area (Å²) in [7, 11) is 1.61. The Morgan fingerprint density at radius 3 is 2.54 bits per heavy atom. The van der Waals surface area contributed by atoms with Crippen molar-refractivity contribution in [1.29, 1.82) is 0 Å². The first-order valence-corrected chi connectivity index (χ1v) is 8.80. The number of aryl methyl sites for hydroxylation is 2. The third kappa shape index (κ3) is 4.28. The molecule has 1 heterocycles. The number of ketones is 1. The van der Waals surface area contributed by atoms with E-state index >= 15 is 0 Å². The molecule has 0 radical (unpaired) electrons. The van der Waals surface area contributed by atoms with Crippen LogP contribution in [-0.2, 0) is 9.47 Å². The van der Waals surface area contributed by atoms with E-state index in [0.717, 1.165) is 11.4 Å². The maximum Gasteiger partial charge on any atom is 0.345 e. The molecule has 2 rings (SSSR count). The molecule has 0 N–H and O–H groups in total. The molecule has 2 aromatic rings. The number of nitro groups is 1. The number of hydrogen-bond donors (Lipinski definition) is 0. The van der Waals surface area contributed by atoms with E-state index in [9.17, 15) is 19.7 Å². The number of ether oxygens (including phenoxy) is 2. The lowest BCUT2D eigenvalue weighted by Crippen LogP contribution is -2.18. The van der Waals surface area contributed by atoms with E-state index in [1.165, 1.54) is 12.1 Å². The van der Waals surface area contributed by atoms with Crippen LogP contribution < -0.4 is 0 Å². The standard InChI is InChI=1S/C20H24N2O6/c1-12-7-6-8-17(22(25)26)19(12)20(24)28-11-18(23)16-9-13(2)21(15(16)4)14(3)10-27-5/h6-9,14H,10-11H2,1-5H3. The second kappa shape index (κ2) is 8.79. The normalized spacial score (nSPS) is 11.9. The van der Waals surface area contributed by atoms with Gasteiger partial charge < -0.3 is 14.0 Å². The minimum Gasteiger partial charge on any atom is -0.453 e. The summed E-state index contributed by atoms with van der Waals surface area (Å²) in [5, 5.41) is 11.2. The van der Waals surface area contributed by atoms with Crippen molar-refractivity contribution in [2.45, 2.75) is 33.7 Å². The maximum atomic E-state index is 12.6. The minimum atomic E-state index is -0.889. The zero-order chi connectivity index (χ0) is 21.0. The lowest BCUT2D eigenvalue weighted by molar-refractivity contribution is -0.385. The van der Waals surface area contributed by atoms with Gasteiger partial charge in [0.15, 0.2) is 6.61 Å². The van der Waals surface area contributed by atoms with E-state index in [2.05, 4.69) is 0 Å². The lowest BCUT2D eigenvalue weighted by atomic mass is 10.1. The molecule has 0 spiro atoms. The molecule has 0 saturated carbocycles. The number of benzene rings is 1. The van der Waals surface area contributed by atoms with Crippen molar-refractivity contribution in [2.24, 2.45) is 0 Å². The number of hydrogen-bond acceptors (Lipinski definition) is 6. The van der Waals surface area contributed by atoms with Crippen LogP contribution in [-0.4, -0.2) is 41.6 Å². The van der Waals surface area contributed by atoms with Crippen LogP contribution in [0, 0.1) is 30.9 Å². The molecule has 0 fully saturated rings. The van der Waals surface area contributed by atoms with Gasteiger partial charge in [-0.25, -0.2) is 4.79 Å². The third-order valence-corrected chi connectivity index (χ3v) is 4.62. The van der Waals surface area contributed by atoms with E-state index in [0.29, 0.717) is 17.7 Å². The summed E-state index contributed by atoms with van der Waals surface area (Å²) in [6.07, 6.45) is 0. The highest BCUT2D eigenvalue weighted by Crippen LogP contribution is 2.24. The molecule has 0 amide bonds. The largest absolute Gasteiger partial charge is 0.453 e. The molecular weight excluding hydrogens is 364 g/mol. The minimum absolute atomic E-state index is 0.0451. The third-order valence-electron chi connectivity index (χ3n) is 4.62. The van der Waals surface area contributed by atoms with Crippen LogP contribution in [0.4, 0.5) is 5.69 Å². The number of aromatic nitrogens is 1. The van der Waals surface area contributed by atoms with Gasteiger partial charge in [0.1, 0.15) is 5.56 Å². The highest BCUT2D eigenvalue weighted by molar-refractivity contribution is 6.01. The number of nitro benzene ring substituents is 1. The van der Waals surface area contributed by atoms with Gasteiger partial charge in [-0.05, 0) is 39.3 Å². The maximum absolute atomic E-state index is 12.6. The Labute approximate surface area is 163 Å². The Balaban J connectivity index is 2.19. The van der Waals surface area contributed by atoms with Crippen LogP contribution in [0.1, 0.15) is 50.6 Å². The van der Waals surface area contributed by atoms with Gasteiger partial charge >= 0.3 is 5.97 Å². The number of rotatable bonds is 8. The Morgan fingerprint density at radius 2 is 1.93 bits per heavy atom. The van der Waals surface area contributed by atoms with Crippen LogP contribution in [0.2, 0.25) is 0 Å². The molecule has 0 aliphatic rings. The van der Waals surface area contributed by atoms with E-state index in [1.807, 2.05) is 25.3 Å². The van der Waals surface area contributed by atoms with Gasteiger partial charge in [0, 0.05) is 30.1 Å². The molecule has 0 aliphatic heterocycles. The molecule has 8 heteroatoms. The molecule has 0 aliphatic carbocycles. The quantitative estimate of drug-likeness (QED) is 0.297. The fourth-order valence-electron chi connectivity index (χ4n) is 3.40. The summed E-state index contributed by atoms with van der Waals surface area (Å²) < 4.78 is 12.3. The molecule has 8 nitrogen and oxygen atoms in total. The first kappa shape index (κ1) is 21.3. The highest BCUT2D eigenvalue weighted by Gasteiger charge is 2.25. The smallest absolute Gasteiger partial charge is 0.345 e. The van der Waals surface area contributed by atoms with Crippen molar-refractivity contribution in [3.8, 4) is 0 Å². The lowest BCUT2D eigenvalue weighted by Gasteiger charge is -2.17. The van der Waals surface area contributed by atoms with Crippen molar-refractivity contribution in [1.82, 2.24) is 4.57 Å². The molecule has 150 valence electrons. The molecule has 28 heavy (non-hydrogen) atoms. The van der Waals surface area contributed by atoms with Gasteiger partial charge in [-0.1, -0.05) is 12.1 Å². The molecule has 1 atom stereocenters. The number of Topliss-reactive ketones (excluding diaryl/α,β-unsaturated/α-hetero) is 1. The monoisotopic (exact) mass is 388 g/mol. The SMILES string of the molecule is COCC(C)n1c(C)cc(C(=O)COC(=O)c2c(C)cccc2[N+](=O)[O-])c1C. The topological polar surface area (TPSA) is 101 Å². The van der Waals surface area contributed by atoms with Gasteiger partial charge in [-0.3, -0.25) is 14.9 Å². The van der Waals surface area contributed by atoms with E-state index in [-0.39, 0.29) is 23.1 Å². The van der Waals surface area contributed by atoms with Crippen molar-refractivity contribution in [3.05, 3.63) is 62.5 Å². The molecule has 0 bridgehead atoms. The Bertz CT molecular complexity index is 916. The van der Waals surface area contributed by atoms with Gasteiger partial charge in [-0.2, -0.15) is 0 Å². The molecular formula is C20H24N2O6. The van der Waals surface area contributed by atoms with Crippen LogP contribution >= 0.6 is 0 Å².